The van der Waals surface area contributed by atoms with Gasteiger partial charge in [-0.3, -0.25) is 14.4 Å². The zero-order valence-corrected chi connectivity index (χ0v) is 24.7. The van der Waals surface area contributed by atoms with E-state index in [1.807, 2.05) is 24.3 Å². The molecule has 0 atom stereocenters. The molecule has 1 aromatic heterocycles. The van der Waals surface area contributed by atoms with Crippen molar-refractivity contribution in [2.45, 2.75) is 4.90 Å². The summed E-state index contributed by atoms with van der Waals surface area (Å²) >= 11 is 0. The van der Waals surface area contributed by atoms with Crippen molar-refractivity contribution in [2.24, 2.45) is 0 Å². The van der Waals surface area contributed by atoms with Crippen molar-refractivity contribution in [3.63, 3.8) is 0 Å². The van der Waals surface area contributed by atoms with Crippen LogP contribution < -0.4 is 14.8 Å². The number of carboxylic acid groups (broad SMARTS) is 1. The van der Waals surface area contributed by atoms with Gasteiger partial charge in [0.05, 0.1) is 5.69 Å². The van der Waals surface area contributed by atoms with Gasteiger partial charge in [-0.15, -0.1) is 0 Å². The summed E-state index contributed by atoms with van der Waals surface area (Å²) in [5, 5.41) is 10.0. The minimum atomic E-state index is -4.45. The average Bonchev–Trinajstić information content (AvgIpc) is 3.00. The molecule has 1 aliphatic rings. The van der Waals surface area contributed by atoms with Gasteiger partial charge in [-0.05, 0) is 67.7 Å². The molecule has 4 aromatic rings. The molecule has 0 saturated carbocycles. The Balaban J connectivity index is 0.00000141. The van der Waals surface area contributed by atoms with E-state index in [1.165, 1.54) is 18.5 Å². The third-order valence-electron chi connectivity index (χ3n) is 6.69. The van der Waals surface area contributed by atoms with Crippen molar-refractivity contribution in [1.82, 2.24) is 19.8 Å². The zero-order valence-electron chi connectivity index (χ0n) is 23.9. The summed E-state index contributed by atoms with van der Waals surface area (Å²) in [5.41, 5.74) is 2.38. The highest BCUT2D eigenvalue weighted by atomic mass is 32.2. The Labute approximate surface area is 254 Å². The quantitative estimate of drug-likeness (QED) is 0.219. The zero-order chi connectivity index (χ0) is 31.5. The molecule has 0 amide bonds. The Bertz CT molecular complexity index is 1610. The van der Waals surface area contributed by atoms with Gasteiger partial charge in [-0.25, -0.2) is 27.2 Å². The fourth-order valence-corrected chi connectivity index (χ4v) is 5.58. The van der Waals surface area contributed by atoms with E-state index in [0.29, 0.717) is 23.8 Å². The maximum Gasteiger partial charge on any atom is 0.290 e. The number of sulfonamides is 1. The van der Waals surface area contributed by atoms with Crippen LogP contribution in [0.25, 0.3) is 11.3 Å². The van der Waals surface area contributed by atoms with Gasteiger partial charge in [0.25, 0.3) is 16.5 Å². The van der Waals surface area contributed by atoms with Crippen LogP contribution >= 0.6 is 0 Å². The minimum Gasteiger partial charge on any atom is -0.492 e. The van der Waals surface area contributed by atoms with Gasteiger partial charge in [-0.1, -0.05) is 6.07 Å². The number of ether oxygens (including phenoxy) is 1. The predicted molar refractivity (Wildman–Crippen MR) is 162 cm³/mol. The number of carbonyl (C=O) groups is 1. The van der Waals surface area contributed by atoms with Crippen molar-refractivity contribution in [3.05, 3.63) is 90.8 Å². The van der Waals surface area contributed by atoms with Crippen LogP contribution in [-0.2, 0) is 14.8 Å². The van der Waals surface area contributed by atoms with Crippen LogP contribution in [0.15, 0.2) is 84.0 Å². The van der Waals surface area contributed by atoms with Crippen LogP contribution in [0.1, 0.15) is 0 Å². The van der Waals surface area contributed by atoms with E-state index in [1.54, 1.807) is 18.2 Å². The van der Waals surface area contributed by atoms with E-state index in [0.717, 1.165) is 62.2 Å². The lowest BCUT2D eigenvalue weighted by Crippen LogP contribution is -2.45. The number of piperazine rings is 1. The number of nitrogens with one attached hydrogen (secondary N) is 2. The fourth-order valence-electron chi connectivity index (χ4n) is 4.38. The van der Waals surface area contributed by atoms with Gasteiger partial charge in [0.2, 0.25) is 0 Å². The number of halogens is 2. The standard InChI is InChI=1S/C29H30F2N6O3S.CH2O2/c1-36-13-15-37(16-14-36)17-18-40-24-11-5-21(6-12-24)27-19-28(33-20-32-27)34-22-7-9-23(10-8-22)35-41(38,39)29-25(30)3-2-4-26(29)31;2-1-3/h2-12,19-20,35H,13-18H2,1H3,(H,32,33,34);1H,(H,2,3). The smallest absolute Gasteiger partial charge is 0.290 e. The average molecular weight is 627 g/mol. The normalized spacial score (nSPS) is 13.8. The number of benzene rings is 3. The van der Waals surface area contributed by atoms with Crippen LogP contribution in [0.5, 0.6) is 5.75 Å². The van der Waals surface area contributed by atoms with Crippen molar-refractivity contribution in [3.8, 4) is 17.0 Å². The Morgan fingerprint density at radius 3 is 2.18 bits per heavy atom. The highest BCUT2D eigenvalue weighted by molar-refractivity contribution is 7.92. The second kappa shape index (κ2) is 15.2. The molecule has 0 spiro atoms. The molecule has 0 bridgehead atoms. The highest BCUT2D eigenvalue weighted by Crippen LogP contribution is 2.26. The second-order valence-electron chi connectivity index (χ2n) is 9.77. The molecule has 5 rings (SSSR count). The first-order chi connectivity index (χ1) is 21.2. The monoisotopic (exact) mass is 626 g/mol. The van der Waals surface area contributed by atoms with E-state index in [4.69, 9.17) is 14.6 Å². The lowest BCUT2D eigenvalue weighted by molar-refractivity contribution is -0.122. The number of likely N-dealkylation sites (N-methyl/N-ethyl adjacent to an activating group) is 1. The van der Waals surface area contributed by atoms with Gasteiger partial charge in [0, 0.05) is 55.7 Å². The molecule has 1 aliphatic heterocycles. The fraction of sp³-hybridized carbons (Fsp3) is 0.233. The van der Waals surface area contributed by atoms with Crippen LogP contribution in [0, 0.1) is 11.6 Å². The summed E-state index contributed by atoms with van der Waals surface area (Å²) < 4.78 is 61.1. The van der Waals surface area contributed by atoms with Crippen LogP contribution in [0.2, 0.25) is 0 Å². The molecular formula is C30H32F2N6O5S. The van der Waals surface area contributed by atoms with E-state index < -0.39 is 26.6 Å². The summed E-state index contributed by atoms with van der Waals surface area (Å²) in [7, 11) is -2.31. The molecule has 0 aliphatic carbocycles. The number of hydrogen-bond acceptors (Lipinski definition) is 9. The molecule has 11 nitrogen and oxygen atoms in total. The SMILES string of the molecule is CN1CCN(CCOc2ccc(-c3cc(Nc4ccc(NS(=O)(=O)c5c(F)cccc5F)cc4)ncn3)cc2)CC1.O=CO. The maximum atomic E-state index is 14.0. The van der Waals surface area contributed by atoms with E-state index >= 15 is 0 Å². The lowest BCUT2D eigenvalue weighted by atomic mass is 10.1. The Morgan fingerprint density at radius 2 is 1.55 bits per heavy atom. The molecule has 3 aromatic carbocycles. The molecule has 3 N–H and O–H groups in total. The Morgan fingerprint density at radius 1 is 0.932 bits per heavy atom. The number of hydrogen-bond donors (Lipinski definition) is 3. The molecular weight excluding hydrogens is 594 g/mol. The first kappa shape index (κ1) is 32.3. The van der Waals surface area contributed by atoms with Gasteiger partial charge in [0.15, 0.2) is 4.90 Å². The summed E-state index contributed by atoms with van der Waals surface area (Å²) in [6, 6.07) is 18.6. The van der Waals surface area contributed by atoms with E-state index in [9.17, 15) is 17.2 Å². The van der Waals surface area contributed by atoms with Crippen molar-refractivity contribution < 1.29 is 31.8 Å². The number of nitrogens with zero attached hydrogens (tertiary/aromatic N) is 4. The van der Waals surface area contributed by atoms with Gasteiger partial charge < -0.3 is 20.1 Å². The summed E-state index contributed by atoms with van der Waals surface area (Å²) in [6.45, 7) is 5.55. The van der Waals surface area contributed by atoms with Crippen LogP contribution in [0.3, 0.4) is 0 Å². The largest absolute Gasteiger partial charge is 0.492 e. The molecule has 1 fully saturated rings. The Hall–Kier alpha value is -4.66. The van der Waals surface area contributed by atoms with Gasteiger partial charge in [0.1, 0.15) is 36.1 Å². The molecule has 44 heavy (non-hydrogen) atoms. The summed E-state index contributed by atoms with van der Waals surface area (Å²) in [4.78, 5) is 20.7. The molecule has 0 radical (unpaired) electrons. The highest BCUT2D eigenvalue weighted by Gasteiger charge is 2.23. The first-order valence-corrected chi connectivity index (χ1v) is 15.0. The Kier molecular flexibility index (Phi) is 11.1. The van der Waals surface area contributed by atoms with Crippen LogP contribution in [-0.4, -0.2) is 86.1 Å². The van der Waals surface area contributed by atoms with Gasteiger partial charge in [-0.2, -0.15) is 0 Å². The number of anilines is 3. The molecule has 14 heteroatoms. The maximum absolute atomic E-state index is 14.0. The summed E-state index contributed by atoms with van der Waals surface area (Å²) in [6.07, 6.45) is 1.45. The third-order valence-corrected chi connectivity index (χ3v) is 8.12. The second-order valence-corrected chi connectivity index (χ2v) is 11.4. The van der Waals surface area contributed by atoms with Gasteiger partial charge >= 0.3 is 0 Å². The minimum absolute atomic E-state index is 0.146. The van der Waals surface area contributed by atoms with Crippen molar-refractivity contribution >= 4 is 33.7 Å². The summed E-state index contributed by atoms with van der Waals surface area (Å²) in [5.74, 6) is -1.01. The molecule has 0 unspecified atom stereocenters. The first-order valence-electron chi connectivity index (χ1n) is 13.6. The van der Waals surface area contributed by atoms with E-state index in [-0.39, 0.29) is 12.2 Å². The van der Waals surface area contributed by atoms with Crippen LogP contribution in [0.4, 0.5) is 26.0 Å². The van der Waals surface area contributed by atoms with Crippen molar-refractivity contribution in [1.29, 1.82) is 0 Å². The third kappa shape index (κ3) is 8.92. The molecule has 2 heterocycles. The predicted octanol–water partition coefficient (Wildman–Crippen LogP) is 4.29. The lowest BCUT2D eigenvalue weighted by Gasteiger charge is -2.32. The van der Waals surface area contributed by atoms with Crippen molar-refractivity contribution in [2.75, 3.05) is 56.4 Å². The topological polar surface area (TPSA) is 137 Å². The number of rotatable bonds is 10. The molecule has 1 saturated heterocycles. The molecule has 232 valence electrons. The van der Waals surface area contributed by atoms with E-state index in [2.05, 4.69) is 36.9 Å². The number of aromatic nitrogens is 2.